The van der Waals surface area contributed by atoms with E-state index in [0.29, 0.717) is 36.4 Å². The van der Waals surface area contributed by atoms with Crippen LogP contribution < -0.4 is 10.6 Å². The summed E-state index contributed by atoms with van der Waals surface area (Å²) in [7, 11) is 0. The topological polar surface area (TPSA) is 78.5 Å². The maximum atomic E-state index is 13.1. The molecule has 4 rings (SSSR count). The van der Waals surface area contributed by atoms with Crippen molar-refractivity contribution in [3.63, 3.8) is 0 Å². The number of amides is 3. The summed E-state index contributed by atoms with van der Waals surface area (Å²) in [4.78, 5) is 39.6. The third-order valence-electron chi connectivity index (χ3n) is 6.90. The molecule has 186 valence electrons. The molecule has 2 aliphatic heterocycles. The molecule has 0 radical (unpaired) electrons. The molecule has 2 aromatic rings. The van der Waals surface area contributed by atoms with E-state index >= 15 is 0 Å². The molecule has 35 heavy (non-hydrogen) atoms. The number of benzene rings is 2. The SMILES string of the molecule is CC(C)C(NCc1cccc(CSc2cccc3c2CN(C2CCC(=O)NC2=O)C3=O)c1)C(C)C. The Morgan fingerprint density at radius 3 is 2.46 bits per heavy atom. The van der Waals surface area contributed by atoms with Crippen LogP contribution in [0.5, 0.6) is 0 Å². The third kappa shape index (κ3) is 5.78. The Kier molecular flexibility index (Phi) is 7.97. The molecule has 1 saturated heterocycles. The van der Waals surface area contributed by atoms with E-state index in [2.05, 4.69) is 62.6 Å². The van der Waals surface area contributed by atoms with Crippen LogP contribution >= 0.6 is 11.8 Å². The van der Waals surface area contributed by atoms with Gasteiger partial charge >= 0.3 is 0 Å². The Morgan fingerprint density at radius 2 is 1.74 bits per heavy atom. The van der Waals surface area contributed by atoms with Crippen molar-refractivity contribution in [3.05, 3.63) is 64.7 Å². The van der Waals surface area contributed by atoms with Gasteiger partial charge in [0, 0.05) is 41.8 Å². The van der Waals surface area contributed by atoms with E-state index < -0.39 is 6.04 Å². The van der Waals surface area contributed by atoms with Crippen LogP contribution in [-0.2, 0) is 28.4 Å². The molecule has 0 bridgehead atoms. The first kappa shape index (κ1) is 25.5. The summed E-state index contributed by atoms with van der Waals surface area (Å²) >= 11 is 1.72. The number of fused-ring (bicyclic) bond motifs is 1. The van der Waals surface area contributed by atoms with Crippen molar-refractivity contribution in [2.24, 2.45) is 11.8 Å². The van der Waals surface area contributed by atoms with Gasteiger partial charge in [-0.25, -0.2) is 0 Å². The first-order valence-corrected chi connectivity index (χ1v) is 13.4. The number of imide groups is 1. The second kappa shape index (κ2) is 11.0. The van der Waals surface area contributed by atoms with Gasteiger partial charge in [0.25, 0.3) is 5.91 Å². The van der Waals surface area contributed by atoms with Crippen molar-refractivity contribution in [3.8, 4) is 0 Å². The minimum Gasteiger partial charge on any atom is -0.322 e. The molecule has 0 aromatic heterocycles. The van der Waals surface area contributed by atoms with Gasteiger partial charge in [0.2, 0.25) is 11.8 Å². The van der Waals surface area contributed by atoms with Crippen LogP contribution in [0.4, 0.5) is 0 Å². The lowest BCUT2D eigenvalue weighted by atomic mass is 9.93. The molecule has 0 spiro atoms. The number of hydrogen-bond acceptors (Lipinski definition) is 5. The lowest BCUT2D eigenvalue weighted by molar-refractivity contribution is -0.136. The van der Waals surface area contributed by atoms with Gasteiger partial charge in [-0.2, -0.15) is 0 Å². The van der Waals surface area contributed by atoms with Crippen molar-refractivity contribution in [2.45, 2.75) is 76.4 Å². The van der Waals surface area contributed by atoms with Gasteiger partial charge < -0.3 is 10.2 Å². The molecule has 2 aliphatic rings. The number of rotatable bonds is 9. The molecule has 6 nitrogen and oxygen atoms in total. The summed E-state index contributed by atoms with van der Waals surface area (Å²) in [6, 6.07) is 14.3. The van der Waals surface area contributed by atoms with E-state index in [4.69, 9.17) is 0 Å². The Bertz CT molecular complexity index is 1110. The van der Waals surface area contributed by atoms with Crippen LogP contribution in [0.1, 0.15) is 67.6 Å². The Balaban J connectivity index is 1.42. The molecule has 2 heterocycles. The zero-order chi connectivity index (χ0) is 25.1. The van der Waals surface area contributed by atoms with Crippen LogP contribution in [0, 0.1) is 11.8 Å². The first-order valence-electron chi connectivity index (χ1n) is 12.4. The lowest BCUT2D eigenvalue weighted by Gasteiger charge is -2.29. The van der Waals surface area contributed by atoms with E-state index in [1.807, 2.05) is 18.2 Å². The summed E-state index contributed by atoms with van der Waals surface area (Å²) in [5.74, 6) is 1.18. The van der Waals surface area contributed by atoms with Gasteiger partial charge in [0.1, 0.15) is 6.04 Å². The number of carbonyl (C=O) groups excluding carboxylic acids is 3. The first-order chi connectivity index (χ1) is 16.7. The summed E-state index contributed by atoms with van der Waals surface area (Å²) in [6.07, 6.45) is 0.639. The van der Waals surface area contributed by atoms with E-state index in [1.54, 1.807) is 16.7 Å². The fourth-order valence-electron chi connectivity index (χ4n) is 5.16. The molecular formula is C28H35N3O3S. The van der Waals surface area contributed by atoms with Crippen molar-refractivity contribution in [1.82, 2.24) is 15.5 Å². The van der Waals surface area contributed by atoms with Crippen LogP contribution in [-0.4, -0.2) is 34.7 Å². The molecule has 1 fully saturated rings. The molecule has 2 N–H and O–H groups in total. The zero-order valence-electron chi connectivity index (χ0n) is 21.0. The monoisotopic (exact) mass is 493 g/mol. The highest BCUT2D eigenvalue weighted by Gasteiger charge is 2.39. The van der Waals surface area contributed by atoms with Gasteiger partial charge in [-0.15, -0.1) is 11.8 Å². The lowest BCUT2D eigenvalue weighted by Crippen LogP contribution is -2.52. The molecule has 0 saturated carbocycles. The second-order valence-electron chi connectivity index (χ2n) is 10.2. The number of carbonyl (C=O) groups is 3. The summed E-state index contributed by atoms with van der Waals surface area (Å²) < 4.78 is 0. The van der Waals surface area contributed by atoms with Crippen LogP contribution in [0.3, 0.4) is 0 Å². The van der Waals surface area contributed by atoms with Crippen molar-refractivity contribution < 1.29 is 14.4 Å². The molecule has 3 amide bonds. The maximum Gasteiger partial charge on any atom is 0.255 e. The number of thioether (sulfide) groups is 1. The average Bonchev–Trinajstić information content (AvgIpc) is 3.14. The average molecular weight is 494 g/mol. The number of piperidine rings is 1. The van der Waals surface area contributed by atoms with Crippen LogP contribution in [0.15, 0.2) is 47.4 Å². The number of hydrogen-bond donors (Lipinski definition) is 2. The number of nitrogens with zero attached hydrogens (tertiary/aromatic N) is 1. The maximum absolute atomic E-state index is 13.1. The molecule has 2 aromatic carbocycles. The fourth-order valence-corrected chi connectivity index (χ4v) is 6.19. The van der Waals surface area contributed by atoms with Crippen molar-refractivity contribution in [1.29, 1.82) is 0 Å². The molecule has 1 atom stereocenters. The predicted molar refractivity (Wildman–Crippen MR) is 139 cm³/mol. The van der Waals surface area contributed by atoms with Crippen LogP contribution in [0.2, 0.25) is 0 Å². The fraction of sp³-hybridized carbons (Fsp3) is 0.464. The minimum absolute atomic E-state index is 0.130. The quantitative estimate of drug-likeness (QED) is 0.397. The van der Waals surface area contributed by atoms with E-state index in [-0.39, 0.29) is 24.1 Å². The number of nitrogens with one attached hydrogen (secondary N) is 2. The van der Waals surface area contributed by atoms with Crippen LogP contribution in [0.25, 0.3) is 0 Å². The highest BCUT2D eigenvalue weighted by molar-refractivity contribution is 7.98. The Morgan fingerprint density at radius 1 is 1.03 bits per heavy atom. The molecule has 0 aliphatic carbocycles. The predicted octanol–water partition coefficient (Wildman–Crippen LogP) is 4.51. The summed E-state index contributed by atoms with van der Waals surface area (Å²) in [5, 5.41) is 6.08. The summed E-state index contributed by atoms with van der Waals surface area (Å²) in [5.41, 5.74) is 4.14. The third-order valence-corrected chi connectivity index (χ3v) is 8.07. The second-order valence-corrected chi connectivity index (χ2v) is 11.2. The van der Waals surface area contributed by atoms with Gasteiger partial charge in [0.15, 0.2) is 0 Å². The van der Waals surface area contributed by atoms with Crippen molar-refractivity contribution >= 4 is 29.5 Å². The van der Waals surface area contributed by atoms with Gasteiger partial charge in [-0.1, -0.05) is 58.0 Å². The highest BCUT2D eigenvalue weighted by Crippen LogP contribution is 2.35. The molecular weight excluding hydrogens is 458 g/mol. The van der Waals surface area contributed by atoms with Gasteiger partial charge in [0.05, 0.1) is 0 Å². The van der Waals surface area contributed by atoms with E-state index in [0.717, 1.165) is 22.8 Å². The smallest absolute Gasteiger partial charge is 0.255 e. The molecule has 7 heteroatoms. The highest BCUT2D eigenvalue weighted by atomic mass is 32.2. The minimum atomic E-state index is -0.588. The zero-order valence-corrected chi connectivity index (χ0v) is 21.8. The molecule has 1 unspecified atom stereocenters. The largest absolute Gasteiger partial charge is 0.322 e. The van der Waals surface area contributed by atoms with Crippen molar-refractivity contribution in [2.75, 3.05) is 0 Å². The van der Waals surface area contributed by atoms with Gasteiger partial charge in [-0.05, 0) is 47.1 Å². The Labute approximate surface area is 212 Å². The van der Waals surface area contributed by atoms with Gasteiger partial charge in [-0.3, -0.25) is 19.7 Å². The standard InChI is InChI=1S/C28H35N3O3S/c1-17(2)26(18(3)4)29-14-19-7-5-8-20(13-19)16-35-24-10-6-9-21-22(24)15-31(28(21)34)23-11-12-25(32)30-27(23)33/h5-10,13,17-18,23,26,29H,11-12,14-16H2,1-4H3,(H,30,32,33). The van der Waals surface area contributed by atoms with E-state index in [1.165, 1.54) is 11.1 Å². The Hall–Kier alpha value is -2.64. The summed E-state index contributed by atoms with van der Waals surface area (Å²) in [6.45, 7) is 10.3. The van der Waals surface area contributed by atoms with E-state index in [9.17, 15) is 14.4 Å². The normalized spacial score (nSPS) is 18.1.